The van der Waals surface area contributed by atoms with Crippen molar-refractivity contribution >= 4 is 30.1 Å². The number of piperidine rings is 1. The zero-order valence-electron chi connectivity index (χ0n) is 24.1. The van der Waals surface area contributed by atoms with Gasteiger partial charge in [0, 0.05) is 18.9 Å². The molecule has 0 saturated carbocycles. The summed E-state index contributed by atoms with van der Waals surface area (Å²) in [5.41, 5.74) is -3.01. The van der Waals surface area contributed by atoms with Crippen molar-refractivity contribution in [2.75, 3.05) is 11.4 Å². The highest BCUT2D eigenvalue weighted by atomic mass is 19.4. The molecule has 0 bridgehead atoms. The number of aromatic nitrogens is 3. The third-order valence-corrected chi connectivity index (χ3v) is 5.07. The van der Waals surface area contributed by atoms with E-state index in [1.807, 2.05) is 0 Å². The summed E-state index contributed by atoms with van der Waals surface area (Å²) in [4.78, 5) is 55.9. The van der Waals surface area contributed by atoms with Gasteiger partial charge in [-0.05, 0) is 68.7 Å². The maximum Gasteiger partial charge on any atom is 0.427 e. The molecule has 1 aromatic rings. The van der Waals surface area contributed by atoms with Crippen molar-refractivity contribution < 1.29 is 46.6 Å². The Hall–Kier alpha value is -3.52. The summed E-state index contributed by atoms with van der Waals surface area (Å²) in [6, 6.07) is 0. The predicted molar refractivity (Wildman–Crippen MR) is 134 cm³/mol. The molecule has 1 saturated heterocycles. The standard InChI is InChI=1S/C25H36F3N5O7/c1-22(2,3)38-19(35)32-13-15(25(26,27)28)10-14(17(32)34)11-16-12-29-18(31-30-16)33(20(36)39-23(4,5)6)21(37)40-24(7,8)9/h12,14-15H,10-11,13H2,1-9H3/t14-,15-/m1/s1. The highest BCUT2D eigenvalue weighted by Gasteiger charge is 2.49. The molecule has 15 heteroatoms. The minimum atomic E-state index is -4.67. The van der Waals surface area contributed by atoms with E-state index in [1.165, 1.54) is 20.8 Å². The van der Waals surface area contributed by atoms with Gasteiger partial charge in [-0.1, -0.05) is 0 Å². The van der Waals surface area contributed by atoms with Gasteiger partial charge in [0.1, 0.15) is 16.8 Å². The molecule has 1 aliphatic heterocycles. The van der Waals surface area contributed by atoms with Crippen molar-refractivity contribution in [2.45, 2.75) is 98.1 Å². The highest BCUT2D eigenvalue weighted by Crippen LogP contribution is 2.37. The Bertz CT molecular complexity index is 1080. The van der Waals surface area contributed by atoms with Crippen molar-refractivity contribution in [3.8, 4) is 0 Å². The summed E-state index contributed by atoms with van der Waals surface area (Å²) in [5, 5.41) is 7.63. The Balaban J connectivity index is 2.33. The van der Waals surface area contributed by atoms with Gasteiger partial charge in [-0.15, -0.1) is 10.00 Å². The Morgan fingerprint density at radius 1 is 0.900 bits per heavy atom. The van der Waals surface area contributed by atoms with Crippen LogP contribution in [-0.2, 0) is 25.4 Å². The van der Waals surface area contributed by atoms with Crippen LogP contribution in [0.25, 0.3) is 0 Å². The lowest BCUT2D eigenvalue weighted by Gasteiger charge is -2.37. The summed E-state index contributed by atoms with van der Waals surface area (Å²) < 4.78 is 56.6. The first-order valence-corrected chi connectivity index (χ1v) is 12.5. The van der Waals surface area contributed by atoms with Gasteiger partial charge >= 0.3 is 24.5 Å². The van der Waals surface area contributed by atoms with E-state index in [0.717, 1.165) is 6.20 Å². The highest BCUT2D eigenvalue weighted by molar-refractivity contribution is 6.08. The molecule has 2 atom stereocenters. The zero-order valence-corrected chi connectivity index (χ0v) is 24.1. The average Bonchev–Trinajstić information content (AvgIpc) is 2.71. The predicted octanol–water partition coefficient (Wildman–Crippen LogP) is 5.05. The first-order chi connectivity index (χ1) is 18.0. The quantitative estimate of drug-likeness (QED) is 0.449. The van der Waals surface area contributed by atoms with E-state index in [-0.39, 0.29) is 12.1 Å². The topological polar surface area (TPSA) is 141 Å². The minimum absolute atomic E-state index is 0.0117. The SMILES string of the molecule is CC(C)(C)OC(=O)N1C[C@H](C(F)(F)F)C[C@H](Cc2cnc(N(C(=O)OC(C)(C)C)C(=O)OC(C)(C)C)nn2)C1=O. The summed E-state index contributed by atoms with van der Waals surface area (Å²) in [6.07, 6.45) is -8.00. The minimum Gasteiger partial charge on any atom is -0.443 e. The second kappa shape index (κ2) is 11.5. The van der Waals surface area contributed by atoms with E-state index < -0.39 is 77.9 Å². The van der Waals surface area contributed by atoms with E-state index in [4.69, 9.17) is 14.2 Å². The number of halogens is 3. The number of nitrogens with zero attached hydrogens (tertiary/aromatic N) is 5. The molecular formula is C25H36F3N5O7. The molecular weight excluding hydrogens is 539 g/mol. The van der Waals surface area contributed by atoms with Crippen LogP contribution in [0.5, 0.6) is 0 Å². The van der Waals surface area contributed by atoms with Crippen LogP contribution < -0.4 is 4.90 Å². The number of rotatable bonds is 3. The van der Waals surface area contributed by atoms with Crippen LogP contribution in [0.4, 0.5) is 33.5 Å². The third kappa shape index (κ3) is 9.59. The number of ether oxygens (including phenoxy) is 3. The molecule has 12 nitrogen and oxygen atoms in total. The van der Waals surface area contributed by atoms with Crippen LogP contribution in [0.3, 0.4) is 0 Å². The number of hydrogen-bond acceptors (Lipinski definition) is 10. The van der Waals surface area contributed by atoms with E-state index in [1.54, 1.807) is 41.5 Å². The molecule has 1 aliphatic rings. The molecule has 2 heterocycles. The maximum absolute atomic E-state index is 13.7. The third-order valence-electron chi connectivity index (χ3n) is 5.07. The van der Waals surface area contributed by atoms with Gasteiger partial charge in [0.05, 0.1) is 17.8 Å². The number of anilines is 1. The molecule has 224 valence electrons. The van der Waals surface area contributed by atoms with Crippen molar-refractivity contribution in [1.82, 2.24) is 20.1 Å². The fraction of sp³-hybridized carbons (Fsp3) is 0.720. The van der Waals surface area contributed by atoms with Gasteiger partial charge in [-0.2, -0.15) is 18.3 Å². The summed E-state index contributed by atoms with van der Waals surface area (Å²) in [5.74, 6) is -4.63. The van der Waals surface area contributed by atoms with Crippen LogP contribution in [0.2, 0.25) is 0 Å². The Morgan fingerprint density at radius 3 is 1.80 bits per heavy atom. The summed E-state index contributed by atoms with van der Waals surface area (Å²) >= 11 is 0. The van der Waals surface area contributed by atoms with Crippen molar-refractivity contribution in [3.05, 3.63) is 11.9 Å². The van der Waals surface area contributed by atoms with Crippen molar-refractivity contribution in [3.63, 3.8) is 0 Å². The van der Waals surface area contributed by atoms with Gasteiger partial charge in [0.2, 0.25) is 5.91 Å². The molecule has 0 aromatic carbocycles. The van der Waals surface area contributed by atoms with Gasteiger partial charge in [-0.25, -0.2) is 24.3 Å². The molecule has 0 unspecified atom stereocenters. The normalized spacial score (nSPS) is 18.7. The monoisotopic (exact) mass is 575 g/mol. The average molecular weight is 576 g/mol. The lowest BCUT2D eigenvalue weighted by Crippen LogP contribution is -2.53. The molecule has 1 aromatic heterocycles. The van der Waals surface area contributed by atoms with Gasteiger partial charge in [0.15, 0.2) is 0 Å². The number of hydrogen-bond donors (Lipinski definition) is 0. The van der Waals surface area contributed by atoms with E-state index in [0.29, 0.717) is 9.80 Å². The number of imide groups is 2. The van der Waals surface area contributed by atoms with Gasteiger partial charge in [0.25, 0.3) is 5.95 Å². The zero-order chi connectivity index (χ0) is 30.8. The number of amides is 4. The smallest absolute Gasteiger partial charge is 0.427 e. The molecule has 2 rings (SSSR count). The number of alkyl halides is 3. The molecule has 40 heavy (non-hydrogen) atoms. The first-order valence-electron chi connectivity index (χ1n) is 12.5. The molecule has 0 radical (unpaired) electrons. The Kier molecular flexibility index (Phi) is 9.42. The van der Waals surface area contributed by atoms with E-state index in [2.05, 4.69) is 15.2 Å². The number of likely N-dealkylation sites (tertiary alicyclic amines) is 1. The molecule has 0 spiro atoms. The van der Waals surface area contributed by atoms with Crippen LogP contribution in [-0.4, -0.2) is 73.8 Å². The van der Waals surface area contributed by atoms with E-state index in [9.17, 15) is 32.3 Å². The summed E-state index contributed by atoms with van der Waals surface area (Å²) in [6.45, 7) is 13.2. The second-order valence-corrected chi connectivity index (χ2v) is 12.4. The Morgan fingerprint density at radius 2 is 1.40 bits per heavy atom. The largest absolute Gasteiger partial charge is 0.443 e. The number of carbonyl (C=O) groups is 4. The van der Waals surface area contributed by atoms with Crippen LogP contribution in [0.15, 0.2) is 6.20 Å². The lowest BCUT2D eigenvalue weighted by atomic mass is 9.85. The van der Waals surface area contributed by atoms with Gasteiger partial charge < -0.3 is 14.2 Å². The van der Waals surface area contributed by atoms with Crippen LogP contribution in [0.1, 0.15) is 74.4 Å². The number of carbonyl (C=O) groups excluding carboxylic acids is 4. The molecule has 4 amide bonds. The van der Waals surface area contributed by atoms with Crippen molar-refractivity contribution in [2.24, 2.45) is 11.8 Å². The fourth-order valence-corrected chi connectivity index (χ4v) is 3.53. The van der Waals surface area contributed by atoms with Crippen molar-refractivity contribution in [1.29, 1.82) is 0 Å². The second-order valence-electron chi connectivity index (χ2n) is 12.4. The van der Waals surface area contributed by atoms with Crippen LogP contribution in [0, 0.1) is 11.8 Å². The van der Waals surface area contributed by atoms with Crippen LogP contribution >= 0.6 is 0 Å². The van der Waals surface area contributed by atoms with E-state index >= 15 is 0 Å². The first kappa shape index (κ1) is 32.7. The molecule has 0 N–H and O–H groups in total. The summed E-state index contributed by atoms with van der Waals surface area (Å²) in [7, 11) is 0. The van der Waals surface area contributed by atoms with Gasteiger partial charge in [-0.3, -0.25) is 4.79 Å². The molecule has 0 aliphatic carbocycles. The molecule has 1 fully saturated rings. The lowest BCUT2D eigenvalue weighted by molar-refractivity contribution is -0.192. The maximum atomic E-state index is 13.7. The Labute approximate surface area is 230 Å². The fourth-order valence-electron chi connectivity index (χ4n) is 3.53.